The maximum atomic E-state index is 12.5. The van der Waals surface area contributed by atoms with E-state index in [4.69, 9.17) is 17.3 Å². The van der Waals surface area contributed by atoms with Crippen molar-refractivity contribution in [3.63, 3.8) is 0 Å². The van der Waals surface area contributed by atoms with E-state index in [1.807, 2.05) is 0 Å². The van der Waals surface area contributed by atoms with Gasteiger partial charge < -0.3 is 16.2 Å². The van der Waals surface area contributed by atoms with Gasteiger partial charge in [0.25, 0.3) is 15.9 Å². The van der Waals surface area contributed by atoms with E-state index >= 15 is 0 Å². The van der Waals surface area contributed by atoms with Crippen LogP contribution in [-0.4, -0.2) is 25.3 Å². The van der Waals surface area contributed by atoms with Crippen molar-refractivity contribution in [2.24, 2.45) is 5.73 Å². The summed E-state index contributed by atoms with van der Waals surface area (Å²) in [5.41, 5.74) is 6.20. The second-order valence-corrected chi connectivity index (χ2v) is 7.46. The predicted molar refractivity (Wildman–Crippen MR) is 91.2 cm³/mol. The molecular weight excluding hydrogens is 370 g/mol. The lowest BCUT2D eigenvalue weighted by molar-refractivity contribution is -0.115. The van der Waals surface area contributed by atoms with Crippen molar-refractivity contribution in [2.75, 3.05) is 10.0 Å². The summed E-state index contributed by atoms with van der Waals surface area (Å²) in [4.78, 5) is 22.3. The Morgan fingerprint density at radius 3 is 2.68 bits per heavy atom. The zero-order valence-electron chi connectivity index (χ0n) is 12.5. The molecule has 2 amide bonds. The molecule has 130 valence electrons. The van der Waals surface area contributed by atoms with Crippen LogP contribution in [0.3, 0.4) is 0 Å². The first-order valence-electron chi connectivity index (χ1n) is 6.95. The first-order chi connectivity index (χ1) is 11.7. The van der Waals surface area contributed by atoms with Gasteiger partial charge in [0.2, 0.25) is 5.91 Å². The standard InChI is InChI=1S/C15H12ClN3O5S/c16-11-6-9(5-10(14(11)21)15(17)22)25(23,24)19-8-2-1-7-3-13(20)18-12(7)4-8/h1-2,4-6,19,21H,3H2,(H2,17,22)(H,18,20). The molecule has 0 fully saturated rings. The minimum absolute atomic E-state index is 0.175. The molecule has 0 aliphatic carbocycles. The Balaban J connectivity index is 1.97. The molecule has 0 spiro atoms. The number of benzene rings is 2. The summed E-state index contributed by atoms with van der Waals surface area (Å²) >= 11 is 5.77. The van der Waals surface area contributed by atoms with Crippen LogP contribution in [-0.2, 0) is 21.2 Å². The Bertz CT molecular complexity index is 1020. The predicted octanol–water partition coefficient (Wildman–Crippen LogP) is 1.44. The van der Waals surface area contributed by atoms with Crippen LogP contribution < -0.4 is 15.8 Å². The van der Waals surface area contributed by atoms with Crippen molar-refractivity contribution in [2.45, 2.75) is 11.3 Å². The molecule has 1 aliphatic heterocycles. The lowest BCUT2D eigenvalue weighted by Gasteiger charge is -2.11. The number of hydrogen-bond acceptors (Lipinski definition) is 5. The smallest absolute Gasteiger partial charge is 0.261 e. The van der Waals surface area contributed by atoms with Crippen LogP contribution in [0.4, 0.5) is 11.4 Å². The Labute approximate surface area is 147 Å². The second kappa shape index (κ2) is 5.94. The summed E-state index contributed by atoms with van der Waals surface area (Å²) in [5.74, 6) is -1.78. The molecule has 8 nitrogen and oxygen atoms in total. The minimum atomic E-state index is -4.11. The average Bonchev–Trinajstić information content (AvgIpc) is 2.88. The molecule has 0 atom stereocenters. The van der Waals surface area contributed by atoms with Gasteiger partial charge in [0.15, 0.2) is 0 Å². The highest BCUT2D eigenvalue weighted by Crippen LogP contribution is 2.32. The molecule has 10 heteroatoms. The largest absolute Gasteiger partial charge is 0.506 e. The molecular formula is C15H12ClN3O5S. The summed E-state index contributed by atoms with van der Waals surface area (Å²) in [6, 6.07) is 6.55. The molecule has 1 aliphatic rings. The molecule has 2 aromatic carbocycles. The van der Waals surface area contributed by atoms with Crippen molar-refractivity contribution in [1.29, 1.82) is 0 Å². The van der Waals surface area contributed by atoms with Crippen LogP contribution in [0, 0.1) is 0 Å². The number of carbonyl (C=O) groups is 2. The van der Waals surface area contributed by atoms with E-state index in [-0.39, 0.29) is 27.9 Å². The van der Waals surface area contributed by atoms with Crippen molar-refractivity contribution in [1.82, 2.24) is 0 Å². The van der Waals surface area contributed by atoms with Crippen LogP contribution >= 0.6 is 11.6 Å². The summed E-state index contributed by atoms with van der Waals surface area (Å²) < 4.78 is 27.3. The highest BCUT2D eigenvalue weighted by Gasteiger charge is 2.23. The van der Waals surface area contributed by atoms with Gasteiger partial charge in [-0.25, -0.2) is 8.42 Å². The number of aromatic hydroxyl groups is 1. The lowest BCUT2D eigenvalue weighted by Crippen LogP contribution is -2.16. The van der Waals surface area contributed by atoms with Crippen LogP contribution in [0.5, 0.6) is 5.75 Å². The summed E-state index contributed by atoms with van der Waals surface area (Å²) in [6.07, 6.45) is 0.234. The summed E-state index contributed by atoms with van der Waals surface area (Å²) in [7, 11) is -4.11. The van der Waals surface area contributed by atoms with E-state index in [0.717, 1.165) is 17.7 Å². The number of rotatable bonds is 4. The van der Waals surface area contributed by atoms with Crippen LogP contribution in [0.15, 0.2) is 35.2 Å². The van der Waals surface area contributed by atoms with Gasteiger partial charge >= 0.3 is 0 Å². The maximum Gasteiger partial charge on any atom is 0.261 e. The Morgan fingerprint density at radius 2 is 2.00 bits per heavy atom. The van der Waals surface area contributed by atoms with Gasteiger partial charge in [0.1, 0.15) is 5.75 Å². The number of halogens is 1. The number of anilines is 2. The SMILES string of the molecule is NC(=O)c1cc(S(=O)(=O)Nc2ccc3c(c2)NC(=O)C3)cc(Cl)c1O. The summed E-state index contributed by atoms with van der Waals surface area (Å²) in [6.45, 7) is 0. The monoisotopic (exact) mass is 381 g/mol. The first-order valence-corrected chi connectivity index (χ1v) is 8.81. The van der Waals surface area contributed by atoms with Crippen molar-refractivity contribution in [3.8, 4) is 5.75 Å². The van der Waals surface area contributed by atoms with Crippen LogP contribution in [0.25, 0.3) is 0 Å². The van der Waals surface area contributed by atoms with Gasteiger partial charge in [0, 0.05) is 5.69 Å². The molecule has 0 saturated carbocycles. The zero-order valence-corrected chi connectivity index (χ0v) is 14.1. The number of fused-ring (bicyclic) bond motifs is 1. The van der Waals surface area contributed by atoms with Gasteiger partial charge in [-0.05, 0) is 29.8 Å². The fourth-order valence-electron chi connectivity index (χ4n) is 2.41. The molecule has 3 rings (SSSR count). The number of hydrogen-bond donors (Lipinski definition) is 4. The molecule has 0 unspecified atom stereocenters. The van der Waals surface area contributed by atoms with Crippen molar-refractivity contribution >= 4 is 44.8 Å². The van der Waals surface area contributed by atoms with Gasteiger partial charge in [-0.1, -0.05) is 17.7 Å². The van der Waals surface area contributed by atoms with Gasteiger partial charge in [0.05, 0.1) is 27.6 Å². The summed E-state index contributed by atoms with van der Waals surface area (Å²) in [5, 5.41) is 12.0. The average molecular weight is 382 g/mol. The third kappa shape index (κ3) is 3.24. The van der Waals surface area contributed by atoms with Crippen LogP contribution in [0.1, 0.15) is 15.9 Å². The number of nitrogens with two attached hydrogens (primary N) is 1. The topological polar surface area (TPSA) is 139 Å². The molecule has 2 aromatic rings. The Kier molecular flexibility index (Phi) is 4.05. The zero-order chi connectivity index (χ0) is 18.4. The molecule has 0 bridgehead atoms. The van der Waals surface area contributed by atoms with Gasteiger partial charge in [-0.2, -0.15) is 0 Å². The van der Waals surface area contributed by atoms with Gasteiger partial charge in [-0.15, -0.1) is 0 Å². The number of phenols is 1. The van der Waals surface area contributed by atoms with E-state index in [9.17, 15) is 23.1 Å². The second-order valence-electron chi connectivity index (χ2n) is 5.37. The van der Waals surface area contributed by atoms with E-state index in [1.54, 1.807) is 6.07 Å². The molecule has 0 aromatic heterocycles. The number of amides is 2. The van der Waals surface area contributed by atoms with Crippen LogP contribution in [0.2, 0.25) is 5.02 Å². The van der Waals surface area contributed by atoms with E-state index in [1.165, 1.54) is 12.1 Å². The van der Waals surface area contributed by atoms with Crippen molar-refractivity contribution in [3.05, 3.63) is 46.5 Å². The minimum Gasteiger partial charge on any atom is -0.506 e. The van der Waals surface area contributed by atoms with E-state index in [2.05, 4.69) is 10.0 Å². The number of primary amides is 1. The fraction of sp³-hybridized carbons (Fsp3) is 0.0667. The molecule has 25 heavy (non-hydrogen) atoms. The Hall–Kier alpha value is -2.78. The van der Waals surface area contributed by atoms with E-state index < -0.39 is 27.2 Å². The molecule has 1 heterocycles. The maximum absolute atomic E-state index is 12.5. The number of sulfonamides is 1. The Morgan fingerprint density at radius 1 is 1.28 bits per heavy atom. The molecule has 0 saturated heterocycles. The fourth-order valence-corrected chi connectivity index (χ4v) is 3.79. The third-order valence-corrected chi connectivity index (χ3v) is 5.25. The quantitative estimate of drug-likeness (QED) is 0.634. The molecule has 5 N–H and O–H groups in total. The first kappa shape index (κ1) is 17.1. The lowest BCUT2D eigenvalue weighted by atomic mass is 10.1. The third-order valence-electron chi connectivity index (χ3n) is 3.60. The van der Waals surface area contributed by atoms with Gasteiger partial charge in [-0.3, -0.25) is 14.3 Å². The highest BCUT2D eigenvalue weighted by molar-refractivity contribution is 7.92. The highest BCUT2D eigenvalue weighted by atomic mass is 35.5. The number of nitrogens with one attached hydrogen (secondary N) is 2. The van der Waals surface area contributed by atoms with E-state index in [0.29, 0.717) is 5.69 Å². The van der Waals surface area contributed by atoms with Crippen molar-refractivity contribution < 1.29 is 23.1 Å². The molecule has 0 radical (unpaired) electrons. The normalized spacial score (nSPS) is 13.2. The number of carbonyl (C=O) groups excluding carboxylic acids is 2.